The minimum atomic E-state index is -0.623. The number of benzene rings is 2. The van der Waals surface area contributed by atoms with Gasteiger partial charge in [0.05, 0.1) is 19.0 Å². The van der Waals surface area contributed by atoms with E-state index in [2.05, 4.69) is 10.4 Å². The highest BCUT2D eigenvalue weighted by atomic mass is 16.5. The number of methoxy groups -OCH3 is 1. The molecule has 1 saturated heterocycles. The Morgan fingerprint density at radius 2 is 1.91 bits per heavy atom. The number of imide groups is 1. The third-order valence-corrected chi connectivity index (χ3v) is 6.12. The van der Waals surface area contributed by atoms with Gasteiger partial charge in [0, 0.05) is 36.7 Å². The van der Waals surface area contributed by atoms with E-state index in [1.54, 1.807) is 18.1 Å². The van der Waals surface area contributed by atoms with Crippen LogP contribution in [-0.2, 0) is 23.2 Å². The van der Waals surface area contributed by atoms with Gasteiger partial charge >= 0.3 is 0 Å². The second-order valence-corrected chi connectivity index (χ2v) is 8.03. The minimum Gasteiger partial charge on any atom is -0.497 e. The van der Waals surface area contributed by atoms with Gasteiger partial charge < -0.3 is 9.64 Å². The quantitative estimate of drug-likeness (QED) is 0.642. The third-order valence-electron chi connectivity index (χ3n) is 6.12. The SMILES string of the molecule is COc1cccc(-c2c(-c3ccc4c(c3)CN(C3CCC(=O)NC3=O)C4=O)cnn2C)c1. The van der Waals surface area contributed by atoms with E-state index in [0.29, 0.717) is 18.5 Å². The van der Waals surface area contributed by atoms with Crippen molar-refractivity contribution in [3.05, 3.63) is 59.8 Å². The Morgan fingerprint density at radius 1 is 1.06 bits per heavy atom. The summed E-state index contributed by atoms with van der Waals surface area (Å²) in [6.45, 7) is 0.336. The molecule has 5 rings (SSSR count). The molecule has 3 amide bonds. The molecule has 1 aromatic heterocycles. The van der Waals surface area contributed by atoms with Gasteiger partial charge in [-0.3, -0.25) is 24.4 Å². The van der Waals surface area contributed by atoms with Crippen LogP contribution in [0.5, 0.6) is 5.75 Å². The molecule has 0 spiro atoms. The van der Waals surface area contributed by atoms with Crippen molar-refractivity contribution in [3.63, 3.8) is 0 Å². The highest BCUT2D eigenvalue weighted by Crippen LogP contribution is 2.36. The topological polar surface area (TPSA) is 93.5 Å². The normalized spacial score (nSPS) is 18.0. The molecule has 8 nitrogen and oxygen atoms in total. The molecule has 3 heterocycles. The Kier molecular flexibility index (Phi) is 4.77. The first-order valence-electron chi connectivity index (χ1n) is 10.4. The van der Waals surface area contributed by atoms with Gasteiger partial charge in [-0.15, -0.1) is 0 Å². The predicted octanol–water partition coefficient (Wildman–Crippen LogP) is 2.52. The van der Waals surface area contributed by atoms with Crippen LogP contribution in [0.15, 0.2) is 48.7 Å². The summed E-state index contributed by atoms with van der Waals surface area (Å²) in [7, 11) is 3.52. The van der Waals surface area contributed by atoms with Gasteiger partial charge in [-0.2, -0.15) is 5.10 Å². The lowest BCUT2D eigenvalue weighted by Gasteiger charge is -2.29. The number of nitrogens with zero attached hydrogens (tertiary/aromatic N) is 3. The number of hydrogen-bond acceptors (Lipinski definition) is 5. The molecule has 8 heteroatoms. The van der Waals surface area contributed by atoms with Crippen molar-refractivity contribution in [1.29, 1.82) is 0 Å². The predicted molar refractivity (Wildman–Crippen MR) is 117 cm³/mol. The van der Waals surface area contributed by atoms with Crippen LogP contribution in [0.2, 0.25) is 0 Å². The molecule has 1 fully saturated rings. The molecule has 1 unspecified atom stereocenters. The molecule has 2 aliphatic heterocycles. The summed E-state index contributed by atoms with van der Waals surface area (Å²) in [5, 5.41) is 6.79. The average molecular weight is 430 g/mol. The van der Waals surface area contributed by atoms with Crippen molar-refractivity contribution in [3.8, 4) is 28.1 Å². The van der Waals surface area contributed by atoms with Crippen LogP contribution in [-0.4, -0.2) is 45.6 Å². The monoisotopic (exact) mass is 430 g/mol. The van der Waals surface area contributed by atoms with Gasteiger partial charge in [-0.05, 0) is 41.8 Å². The van der Waals surface area contributed by atoms with Crippen LogP contribution in [0.1, 0.15) is 28.8 Å². The van der Waals surface area contributed by atoms with Gasteiger partial charge in [0.25, 0.3) is 5.91 Å². The van der Waals surface area contributed by atoms with E-state index >= 15 is 0 Å². The molecule has 1 N–H and O–H groups in total. The number of aromatic nitrogens is 2. The first-order chi connectivity index (χ1) is 15.5. The number of piperidine rings is 1. The molecule has 3 aromatic rings. The number of fused-ring (bicyclic) bond motifs is 1. The van der Waals surface area contributed by atoms with Crippen molar-refractivity contribution in [2.45, 2.75) is 25.4 Å². The summed E-state index contributed by atoms with van der Waals surface area (Å²) >= 11 is 0. The fourth-order valence-corrected chi connectivity index (χ4v) is 4.50. The molecule has 1 atom stereocenters. The highest BCUT2D eigenvalue weighted by Gasteiger charge is 2.39. The fourth-order valence-electron chi connectivity index (χ4n) is 4.50. The van der Waals surface area contributed by atoms with Gasteiger partial charge in [0.1, 0.15) is 11.8 Å². The van der Waals surface area contributed by atoms with Crippen LogP contribution in [0, 0.1) is 0 Å². The molecule has 0 radical (unpaired) electrons. The number of rotatable bonds is 4. The van der Waals surface area contributed by atoms with Crippen LogP contribution < -0.4 is 10.1 Å². The number of carbonyl (C=O) groups excluding carboxylic acids is 3. The average Bonchev–Trinajstić information content (AvgIpc) is 3.33. The van der Waals surface area contributed by atoms with Gasteiger partial charge in [0.15, 0.2) is 0 Å². The lowest BCUT2D eigenvalue weighted by molar-refractivity contribution is -0.136. The van der Waals surface area contributed by atoms with Crippen LogP contribution in [0.4, 0.5) is 0 Å². The fraction of sp³-hybridized carbons (Fsp3) is 0.250. The highest BCUT2D eigenvalue weighted by molar-refractivity contribution is 6.05. The van der Waals surface area contributed by atoms with Crippen LogP contribution in [0.25, 0.3) is 22.4 Å². The largest absolute Gasteiger partial charge is 0.497 e. The minimum absolute atomic E-state index is 0.180. The van der Waals surface area contributed by atoms with Crippen LogP contribution in [0.3, 0.4) is 0 Å². The standard InChI is InChI=1S/C24H22N4O4/c1-27-22(15-4-3-5-17(11-15)32-2)19(12-25-27)14-6-7-18-16(10-14)13-28(24(18)31)20-8-9-21(29)26-23(20)30/h3-7,10-12,20H,8-9,13H2,1-2H3,(H,26,29,30). The number of hydrogen-bond donors (Lipinski definition) is 1. The van der Waals surface area contributed by atoms with Gasteiger partial charge in [-0.1, -0.05) is 18.2 Å². The molecule has 0 saturated carbocycles. The molecule has 162 valence electrons. The third kappa shape index (κ3) is 3.24. The number of carbonyl (C=O) groups is 3. The van der Waals surface area contributed by atoms with E-state index in [0.717, 1.165) is 33.7 Å². The zero-order valence-electron chi connectivity index (χ0n) is 17.8. The second-order valence-electron chi connectivity index (χ2n) is 8.03. The maximum atomic E-state index is 13.0. The molecule has 2 aromatic carbocycles. The summed E-state index contributed by atoms with van der Waals surface area (Å²) in [5.41, 5.74) is 5.24. The van der Waals surface area contributed by atoms with E-state index in [9.17, 15) is 14.4 Å². The number of amides is 3. The van der Waals surface area contributed by atoms with Gasteiger partial charge in [-0.25, -0.2) is 0 Å². The van der Waals surface area contributed by atoms with Crippen molar-refractivity contribution < 1.29 is 19.1 Å². The second kappa shape index (κ2) is 7.64. The van der Waals surface area contributed by atoms with Gasteiger partial charge in [0.2, 0.25) is 11.8 Å². The Bertz CT molecular complexity index is 1260. The number of ether oxygens (including phenoxy) is 1. The smallest absolute Gasteiger partial charge is 0.255 e. The van der Waals surface area contributed by atoms with E-state index < -0.39 is 11.9 Å². The Balaban J connectivity index is 1.49. The van der Waals surface area contributed by atoms with Crippen molar-refractivity contribution in [2.24, 2.45) is 7.05 Å². The summed E-state index contributed by atoms with van der Waals surface area (Å²) in [4.78, 5) is 38.3. The maximum absolute atomic E-state index is 13.0. The van der Waals surface area contributed by atoms with E-state index in [4.69, 9.17) is 4.74 Å². The Hall–Kier alpha value is -3.94. The van der Waals surface area contributed by atoms with E-state index in [-0.39, 0.29) is 18.2 Å². The van der Waals surface area contributed by atoms with E-state index in [1.807, 2.05) is 54.3 Å². The van der Waals surface area contributed by atoms with Crippen molar-refractivity contribution in [1.82, 2.24) is 20.0 Å². The first kappa shape index (κ1) is 20.0. The summed E-state index contributed by atoms with van der Waals surface area (Å²) < 4.78 is 7.19. The Morgan fingerprint density at radius 3 is 2.69 bits per heavy atom. The van der Waals surface area contributed by atoms with Crippen molar-refractivity contribution in [2.75, 3.05) is 7.11 Å². The van der Waals surface area contributed by atoms with Crippen LogP contribution >= 0.6 is 0 Å². The molecule has 2 aliphatic rings. The summed E-state index contributed by atoms with van der Waals surface area (Å²) in [5.74, 6) is -0.121. The lowest BCUT2D eigenvalue weighted by Crippen LogP contribution is -2.52. The molecule has 0 aliphatic carbocycles. The summed E-state index contributed by atoms with van der Waals surface area (Å²) in [6, 6.07) is 12.9. The zero-order valence-corrected chi connectivity index (χ0v) is 17.8. The molecular formula is C24H22N4O4. The first-order valence-corrected chi connectivity index (χ1v) is 10.4. The zero-order chi connectivity index (χ0) is 22.4. The Labute approximate surface area is 184 Å². The lowest BCUT2D eigenvalue weighted by atomic mass is 9.98. The number of aryl methyl sites for hydroxylation is 1. The summed E-state index contributed by atoms with van der Waals surface area (Å²) in [6.07, 6.45) is 2.40. The maximum Gasteiger partial charge on any atom is 0.255 e. The molecular weight excluding hydrogens is 408 g/mol. The number of nitrogens with one attached hydrogen (secondary N) is 1. The van der Waals surface area contributed by atoms with Crippen molar-refractivity contribution >= 4 is 17.7 Å². The van der Waals surface area contributed by atoms with E-state index in [1.165, 1.54) is 0 Å². The molecule has 32 heavy (non-hydrogen) atoms. The molecule has 0 bridgehead atoms.